The van der Waals surface area contributed by atoms with Crippen LogP contribution in [-0.4, -0.2) is 32.8 Å². The zero-order valence-electron chi connectivity index (χ0n) is 14.3. The predicted octanol–water partition coefficient (Wildman–Crippen LogP) is 0.425. The smallest absolute Gasteiger partial charge is 0.292 e. The molecule has 1 atom stereocenters. The lowest BCUT2D eigenvalue weighted by Crippen LogP contribution is -2.92. The van der Waals surface area contributed by atoms with Gasteiger partial charge in [0.25, 0.3) is 5.91 Å². The molecule has 3 rings (SSSR count). The van der Waals surface area contributed by atoms with Crippen molar-refractivity contribution < 1.29 is 23.3 Å². The Morgan fingerprint density at radius 3 is 2.48 bits per heavy atom. The van der Waals surface area contributed by atoms with Crippen molar-refractivity contribution >= 4 is 39.1 Å². The van der Waals surface area contributed by atoms with Crippen molar-refractivity contribution in [2.24, 2.45) is 5.14 Å². The molecule has 4 N–H and O–H groups in total. The fraction of sp³-hybridized carbons (Fsp3) is 0.222. The zero-order valence-corrected chi connectivity index (χ0v) is 15.9. The normalized spacial score (nSPS) is 17.6. The van der Waals surface area contributed by atoms with Crippen molar-refractivity contribution in [1.29, 1.82) is 0 Å². The first-order valence-electron chi connectivity index (χ1n) is 8.33. The Kier molecular flexibility index (Phi) is 5.61. The highest BCUT2D eigenvalue weighted by molar-refractivity contribution is 7.89. The van der Waals surface area contributed by atoms with Crippen LogP contribution in [0.25, 0.3) is 0 Å². The molecular formula is C18H19ClN3O4S+. The molecule has 1 saturated heterocycles. The number of hydrogen-bond acceptors (Lipinski definition) is 4. The molecule has 9 heteroatoms. The summed E-state index contributed by atoms with van der Waals surface area (Å²) in [4.78, 5) is 26.1. The van der Waals surface area contributed by atoms with Crippen LogP contribution in [0.1, 0.15) is 12.0 Å². The summed E-state index contributed by atoms with van der Waals surface area (Å²) < 4.78 is 22.5. The van der Waals surface area contributed by atoms with Crippen LogP contribution in [0.5, 0.6) is 0 Å². The minimum Gasteiger partial charge on any atom is -0.335 e. The van der Waals surface area contributed by atoms with Crippen molar-refractivity contribution in [1.82, 2.24) is 0 Å². The maximum Gasteiger partial charge on any atom is 0.292 e. The predicted molar refractivity (Wildman–Crippen MR) is 101 cm³/mol. The quantitative estimate of drug-likeness (QED) is 0.674. The van der Waals surface area contributed by atoms with Crippen molar-refractivity contribution in [3.05, 3.63) is 59.1 Å². The number of hydrogen-bond donors (Lipinski definition) is 2. The molecule has 2 aromatic rings. The summed E-state index contributed by atoms with van der Waals surface area (Å²) >= 11 is 5.94. The van der Waals surface area contributed by atoms with Gasteiger partial charge in [-0.05, 0) is 35.9 Å². The molecule has 0 saturated carbocycles. The van der Waals surface area contributed by atoms with E-state index in [2.05, 4.69) is 0 Å². The summed E-state index contributed by atoms with van der Waals surface area (Å²) in [5.74, 6) is -0.507. The minimum atomic E-state index is -3.71. The average molecular weight is 409 g/mol. The first kappa shape index (κ1) is 19.5. The molecule has 0 radical (unpaired) electrons. The highest BCUT2D eigenvalue weighted by Crippen LogP contribution is 2.24. The number of nitrogens with two attached hydrogens (primary N) is 2. The third-order valence-electron chi connectivity index (χ3n) is 4.38. The van der Waals surface area contributed by atoms with Gasteiger partial charge in [0.15, 0.2) is 6.04 Å². The first-order chi connectivity index (χ1) is 12.8. The second-order valence-corrected chi connectivity index (χ2v) is 8.32. The van der Waals surface area contributed by atoms with Gasteiger partial charge in [0, 0.05) is 11.4 Å². The summed E-state index contributed by atoms with van der Waals surface area (Å²) in [6.07, 6.45) is 0.760. The average Bonchev–Trinajstić information content (AvgIpc) is 2.88. The van der Waals surface area contributed by atoms with Gasteiger partial charge in [0.05, 0.1) is 23.5 Å². The highest BCUT2D eigenvalue weighted by Gasteiger charge is 2.42. The van der Waals surface area contributed by atoms with E-state index in [1.54, 1.807) is 36.4 Å². The number of sulfonamides is 1. The lowest BCUT2D eigenvalue weighted by atomic mass is 10.1. The molecule has 1 fully saturated rings. The van der Waals surface area contributed by atoms with E-state index in [9.17, 15) is 18.0 Å². The van der Waals surface area contributed by atoms with E-state index >= 15 is 0 Å². The number of quaternary nitrogens is 1. The molecule has 0 aromatic heterocycles. The van der Waals surface area contributed by atoms with E-state index in [1.807, 2.05) is 5.32 Å². The number of carbonyl (C=O) groups is 2. The highest BCUT2D eigenvalue weighted by atomic mass is 35.5. The Labute approximate surface area is 162 Å². The monoisotopic (exact) mass is 408 g/mol. The third kappa shape index (κ3) is 4.54. The van der Waals surface area contributed by atoms with Crippen molar-refractivity contribution in [3.8, 4) is 0 Å². The van der Waals surface area contributed by atoms with Gasteiger partial charge in [-0.25, -0.2) is 18.5 Å². The molecular weight excluding hydrogens is 390 g/mol. The fourth-order valence-electron chi connectivity index (χ4n) is 3.02. The molecule has 2 aromatic carbocycles. The lowest BCUT2D eigenvalue weighted by molar-refractivity contribution is -0.674. The summed E-state index contributed by atoms with van der Waals surface area (Å²) in [7, 11) is -3.71. The molecule has 0 unspecified atom stereocenters. The van der Waals surface area contributed by atoms with Crippen LogP contribution in [0, 0.1) is 0 Å². The van der Waals surface area contributed by atoms with Gasteiger partial charge in [-0.1, -0.05) is 29.8 Å². The third-order valence-corrected chi connectivity index (χ3v) is 5.55. The van der Waals surface area contributed by atoms with E-state index in [1.165, 1.54) is 17.0 Å². The topological polar surface area (TPSA) is 114 Å². The molecule has 0 bridgehead atoms. The number of halogens is 1. The second-order valence-electron chi connectivity index (χ2n) is 6.32. The Morgan fingerprint density at radius 1 is 1.15 bits per heavy atom. The van der Waals surface area contributed by atoms with Gasteiger partial charge in [0.1, 0.15) is 0 Å². The van der Waals surface area contributed by atoms with E-state index in [4.69, 9.17) is 16.7 Å². The molecule has 0 aliphatic carbocycles. The summed E-state index contributed by atoms with van der Waals surface area (Å²) in [6, 6.07) is 12.5. The standard InChI is InChI=1S/C18H18ClN3O4S/c19-13-2-1-3-14(10-13)22-17(23)11-16(18(22)24)21-9-8-12-4-6-15(7-5-12)27(20,25)26/h1-7,10,16,21H,8-9,11H2,(H2,20,25,26)/p+1/t16-/m0/s1. The van der Waals surface area contributed by atoms with Gasteiger partial charge in [-0.2, -0.15) is 0 Å². The van der Waals surface area contributed by atoms with Crippen LogP contribution < -0.4 is 15.4 Å². The Bertz CT molecular complexity index is 976. The molecule has 1 aliphatic rings. The Morgan fingerprint density at radius 2 is 1.85 bits per heavy atom. The number of rotatable bonds is 6. The maximum atomic E-state index is 12.6. The first-order valence-corrected chi connectivity index (χ1v) is 10.3. The van der Waals surface area contributed by atoms with E-state index in [-0.39, 0.29) is 23.1 Å². The number of carbonyl (C=O) groups excluding carboxylic acids is 2. The van der Waals surface area contributed by atoms with Gasteiger partial charge >= 0.3 is 0 Å². The molecule has 1 heterocycles. The van der Waals surface area contributed by atoms with Crippen molar-refractivity contribution in [2.45, 2.75) is 23.8 Å². The number of amides is 2. The minimum absolute atomic E-state index is 0.0592. The number of primary sulfonamides is 1. The summed E-state index contributed by atoms with van der Waals surface area (Å²) in [5, 5.41) is 7.37. The Balaban J connectivity index is 1.59. The van der Waals surface area contributed by atoms with E-state index < -0.39 is 16.1 Å². The molecule has 0 spiro atoms. The van der Waals surface area contributed by atoms with Gasteiger partial charge in [0.2, 0.25) is 15.9 Å². The number of anilines is 1. The number of benzene rings is 2. The van der Waals surface area contributed by atoms with Crippen LogP contribution in [0.3, 0.4) is 0 Å². The Hall–Kier alpha value is -2.26. The number of nitrogens with zero attached hydrogens (tertiary/aromatic N) is 1. The van der Waals surface area contributed by atoms with Crippen molar-refractivity contribution in [3.63, 3.8) is 0 Å². The largest absolute Gasteiger partial charge is 0.335 e. The van der Waals surface area contributed by atoms with Crippen LogP contribution in [0.15, 0.2) is 53.4 Å². The van der Waals surface area contributed by atoms with Crippen LogP contribution in [0.4, 0.5) is 5.69 Å². The fourth-order valence-corrected chi connectivity index (χ4v) is 3.72. The maximum absolute atomic E-state index is 12.6. The summed E-state index contributed by atoms with van der Waals surface area (Å²) in [5.41, 5.74) is 1.40. The number of imide groups is 1. The van der Waals surface area contributed by atoms with Crippen LogP contribution >= 0.6 is 11.6 Å². The van der Waals surface area contributed by atoms with Crippen LogP contribution in [0.2, 0.25) is 5.02 Å². The SMILES string of the molecule is NS(=O)(=O)c1ccc(CC[NH2+][C@H]2CC(=O)N(c3cccc(Cl)c3)C2=O)cc1. The van der Waals surface area contributed by atoms with E-state index in [0.717, 1.165) is 5.56 Å². The molecule has 27 heavy (non-hydrogen) atoms. The summed E-state index contributed by atoms with van der Waals surface area (Å²) in [6.45, 7) is 0.585. The molecule has 7 nitrogen and oxygen atoms in total. The van der Waals surface area contributed by atoms with Gasteiger partial charge in [-0.3, -0.25) is 9.59 Å². The second kappa shape index (κ2) is 7.77. The van der Waals surface area contributed by atoms with Crippen molar-refractivity contribution in [2.75, 3.05) is 11.4 Å². The molecule has 142 valence electrons. The molecule has 1 aliphatic heterocycles. The van der Waals surface area contributed by atoms with Gasteiger partial charge in [-0.15, -0.1) is 0 Å². The van der Waals surface area contributed by atoms with E-state index in [0.29, 0.717) is 23.7 Å². The molecule has 2 amide bonds. The zero-order chi connectivity index (χ0) is 19.6. The van der Waals surface area contributed by atoms with Gasteiger partial charge < -0.3 is 5.32 Å². The van der Waals surface area contributed by atoms with Crippen LogP contribution in [-0.2, 0) is 26.0 Å². The lowest BCUT2D eigenvalue weighted by Gasteiger charge is -2.14.